The standard InChI is InChI=1S/C16H14N2O2S2/c1-2-20-13-8-7-10-5-3-4-6-11(10)12(13)9-14-15(19)18(17)16(21)22-14/h3-9H,2,17H2,1H3/b14-9-. The van der Waals surface area contributed by atoms with Gasteiger partial charge < -0.3 is 4.74 Å². The monoisotopic (exact) mass is 330 g/mol. The SMILES string of the molecule is CCOc1ccc2ccccc2c1/C=C1\SC(=S)N(N)C1=O. The van der Waals surface area contributed by atoms with Gasteiger partial charge in [0, 0.05) is 5.56 Å². The van der Waals surface area contributed by atoms with E-state index in [0.717, 1.165) is 27.1 Å². The highest BCUT2D eigenvalue weighted by Crippen LogP contribution is 2.35. The molecule has 0 unspecified atom stereocenters. The van der Waals surface area contributed by atoms with Crippen molar-refractivity contribution < 1.29 is 9.53 Å². The van der Waals surface area contributed by atoms with Crippen LogP contribution < -0.4 is 10.6 Å². The number of benzene rings is 2. The smallest absolute Gasteiger partial charge is 0.280 e. The van der Waals surface area contributed by atoms with Crippen LogP contribution in [0.15, 0.2) is 41.3 Å². The van der Waals surface area contributed by atoms with Crippen molar-refractivity contribution in [1.82, 2.24) is 5.01 Å². The summed E-state index contributed by atoms with van der Waals surface area (Å²) < 4.78 is 6.06. The molecule has 1 aliphatic rings. The minimum Gasteiger partial charge on any atom is -0.493 e. The van der Waals surface area contributed by atoms with E-state index >= 15 is 0 Å². The molecule has 1 amide bonds. The molecule has 4 nitrogen and oxygen atoms in total. The van der Waals surface area contributed by atoms with E-state index in [1.165, 1.54) is 11.8 Å². The Kier molecular flexibility index (Phi) is 4.15. The molecule has 0 bridgehead atoms. The number of rotatable bonds is 3. The van der Waals surface area contributed by atoms with Crippen molar-refractivity contribution in [2.24, 2.45) is 5.84 Å². The number of carbonyl (C=O) groups is 1. The topological polar surface area (TPSA) is 55.6 Å². The van der Waals surface area contributed by atoms with Crippen molar-refractivity contribution >= 4 is 51.1 Å². The second-order valence-corrected chi connectivity index (χ2v) is 6.36. The first-order chi connectivity index (χ1) is 10.6. The first-order valence-corrected chi connectivity index (χ1v) is 8.01. The first-order valence-electron chi connectivity index (χ1n) is 6.79. The fourth-order valence-electron chi connectivity index (χ4n) is 2.32. The number of thiocarbonyl (C=S) groups is 1. The van der Waals surface area contributed by atoms with Crippen molar-refractivity contribution in [2.75, 3.05) is 6.61 Å². The highest BCUT2D eigenvalue weighted by atomic mass is 32.2. The largest absolute Gasteiger partial charge is 0.493 e. The van der Waals surface area contributed by atoms with Gasteiger partial charge in [-0.05, 0) is 29.8 Å². The third-order valence-corrected chi connectivity index (χ3v) is 4.66. The zero-order valence-electron chi connectivity index (χ0n) is 11.9. The number of ether oxygens (including phenoxy) is 1. The molecule has 0 aromatic heterocycles. The molecule has 1 heterocycles. The predicted molar refractivity (Wildman–Crippen MR) is 94.3 cm³/mol. The summed E-state index contributed by atoms with van der Waals surface area (Å²) in [7, 11) is 0. The molecule has 112 valence electrons. The van der Waals surface area contributed by atoms with Gasteiger partial charge in [-0.15, -0.1) is 0 Å². The summed E-state index contributed by atoms with van der Waals surface area (Å²) >= 11 is 6.26. The second-order valence-electron chi connectivity index (χ2n) is 4.68. The maximum absolute atomic E-state index is 12.1. The number of hydrogen-bond acceptors (Lipinski definition) is 5. The van der Waals surface area contributed by atoms with E-state index in [-0.39, 0.29) is 5.91 Å². The van der Waals surface area contributed by atoms with Crippen molar-refractivity contribution in [1.29, 1.82) is 0 Å². The van der Waals surface area contributed by atoms with E-state index < -0.39 is 0 Å². The van der Waals surface area contributed by atoms with Crippen LogP contribution in [0.4, 0.5) is 0 Å². The number of nitrogens with zero attached hydrogens (tertiary/aromatic N) is 1. The Morgan fingerprint density at radius 3 is 2.77 bits per heavy atom. The van der Waals surface area contributed by atoms with E-state index in [9.17, 15) is 4.79 Å². The number of fused-ring (bicyclic) bond motifs is 1. The summed E-state index contributed by atoms with van der Waals surface area (Å²) in [6.07, 6.45) is 1.81. The van der Waals surface area contributed by atoms with Gasteiger partial charge in [-0.2, -0.15) is 0 Å². The van der Waals surface area contributed by atoms with E-state index in [1.54, 1.807) is 6.08 Å². The molecule has 1 saturated heterocycles. The Labute approximate surface area is 137 Å². The van der Waals surface area contributed by atoms with Gasteiger partial charge in [0.05, 0.1) is 11.5 Å². The molecule has 0 saturated carbocycles. The van der Waals surface area contributed by atoms with E-state index in [0.29, 0.717) is 15.8 Å². The Morgan fingerprint density at radius 2 is 2.09 bits per heavy atom. The van der Waals surface area contributed by atoms with Crippen LogP contribution in [0.5, 0.6) is 5.75 Å². The Hall–Kier alpha value is -1.89. The van der Waals surface area contributed by atoms with Crippen molar-refractivity contribution in [3.8, 4) is 5.75 Å². The average molecular weight is 330 g/mol. The fraction of sp³-hybridized carbons (Fsp3) is 0.125. The lowest BCUT2D eigenvalue weighted by Gasteiger charge is -2.11. The second kappa shape index (κ2) is 6.08. The summed E-state index contributed by atoms with van der Waals surface area (Å²) in [5.41, 5.74) is 0.869. The summed E-state index contributed by atoms with van der Waals surface area (Å²) in [6.45, 7) is 2.48. The number of hydrazine groups is 1. The lowest BCUT2D eigenvalue weighted by atomic mass is 10.0. The molecule has 0 radical (unpaired) electrons. The number of nitrogens with two attached hydrogens (primary N) is 1. The molecule has 22 heavy (non-hydrogen) atoms. The Balaban J connectivity index is 2.18. The molecular formula is C16H14N2O2S2. The third kappa shape index (κ3) is 2.61. The van der Waals surface area contributed by atoms with Gasteiger partial charge in [0.1, 0.15) is 5.75 Å². The summed E-state index contributed by atoms with van der Waals surface area (Å²) in [4.78, 5) is 12.6. The van der Waals surface area contributed by atoms with Crippen molar-refractivity contribution in [2.45, 2.75) is 6.92 Å². The minimum atomic E-state index is -0.287. The lowest BCUT2D eigenvalue weighted by molar-refractivity contribution is -0.122. The van der Waals surface area contributed by atoms with E-state index in [2.05, 4.69) is 0 Å². The van der Waals surface area contributed by atoms with Crippen LogP contribution in [0.2, 0.25) is 0 Å². The maximum Gasteiger partial charge on any atom is 0.280 e. The Bertz CT molecular complexity index is 802. The number of carbonyl (C=O) groups excluding carboxylic acids is 1. The fourth-order valence-corrected chi connectivity index (χ4v) is 3.40. The minimum absolute atomic E-state index is 0.287. The van der Waals surface area contributed by atoms with Crippen LogP contribution in [0.3, 0.4) is 0 Å². The van der Waals surface area contributed by atoms with Gasteiger partial charge in [-0.3, -0.25) is 4.79 Å². The molecule has 0 spiro atoms. The average Bonchev–Trinajstić information content (AvgIpc) is 2.77. The van der Waals surface area contributed by atoms with E-state index in [4.69, 9.17) is 22.8 Å². The summed E-state index contributed by atoms with van der Waals surface area (Å²) in [5.74, 6) is 6.08. The van der Waals surface area contributed by atoms with Gasteiger partial charge in [0.25, 0.3) is 5.91 Å². The third-order valence-electron chi connectivity index (χ3n) is 3.33. The molecular weight excluding hydrogens is 316 g/mol. The van der Waals surface area contributed by atoms with Gasteiger partial charge in [0.2, 0.25) is 0 Å². The van der Waals surface area contributed by atoms with Crippen LogP contribution in [0.25, 0.3) is 16.8 Å². The quantitative estimate of drug-likeness (QED) is 0.405. The summed E-state index contributed by atoms with van der Waals surface area (Å²) in [5, 5.41) is 3.10. The predicted octanol–water partition coefficient (Wildman–Crippen LogP) is 3.31. The molecule has 2 N–H and O–H groups in total. The van der Waals surface area contributed by atoms with E-state index in [1.807, 2.05) is 43.3 Å². The van der Waals surface area contributed by atoms with Crippen molar-refractivity contribution in [3.63, 3.8) is 0 Å². The molecule has 1 fully saturated rings. The highest BCUT2D eigenvalue weighted by molar-refractivity contribution is 8.26. The van der Waals surface area contributed by atoms with Gasteiger partial charge in [-0.25, -0.2) is 10.9 Å². The zero-order chi connectivity index (χ0) is 15.7. The molecule has 1 aliphatic heterocycles. The van der Waals surface area contributed by atoms with Gasteiger partial charge in [0.15, 0.2) is 4.32 Å². The maximum atomic E-state index is 12.1. The number of hydrogen-bond donors (Lipinski definition) is 1. The van der Waals surface area contributed by atoms with Crippen molar-refractivity contribution in [3.05, 3.63) is 46.9 Å². The number of thioether (sulfide) groups is 1. The normalized spacial score (nSPS) is 16.8. The Morgan fingerprint density at radius 1 is 1.32 bits per heavy atom. The molecule has 2 aromatic rings. The molecule has 2 aromatic carbocycles. The van der Waals surface area contributed by atoms with Crippen LogP contribution in [-0.4, -0.2) is 21.8 Å². The van der Waals surface area contributed by atoms with Crippen LogP contribution >= 0.6 is 24.0 Å². The molecule has 6 heteroatoms. The van der Waals surface area contributed by atoms with Gasteiger partial charge >= 0.3 is 0 Å². The van der Waals surface area contributed by atoms with Crippen LogP contribution in [0, 0.1) is 0 Å². The number of amides is 1. The van der Waals surface area contributed by atoms with Crippen LogP contribution in [-0.2, 0) is 4.79 Å². The van der Waals surface area contributed by atoms with Gasteiger partial charge in [-0.1, -0.05) is 54.3 Å². The van der Waals surface area contributed by atoms with Crippen LogP contribution in [0.1, 0.15) is 12.5 Å². The lowest BCUT2D eigenvalue weighted by Crippen LogP contribution is -2.34. The summed E-state index contributed by atoms with van der Waals surface area (Å²) in [6, 6.07) is 11.9. The molecule has 3 rings (SSSR count). The zero-order valence-corrected chi connectivity index (χ0v) is 13.5. The molecule has 0 atom stereocenters. The highest BCUT2D eigenvalue weighted by Gasteiger charge is 2.30. The molecule has 0 aliphatic carbocycles. The first kappa shape index (κ1) is 15.0.